The summed E-state index contributed by atoms with van der Waals surface area (Å²) >= 11 is 0. The molecule has 0 bridgehead atoms. The molecule has 0 radical (unpaired) electrons. The normalized spacial score (nSPS) is 14.4. The van der Waals surface area contributed by atoms with Crippen molar-refractivity contribution in [3.05, 3.63) is 0 Å². The Hall–Kier alpha value is -1.94. The number of aliphatic hydroxyl groups excluding tert-OH is 1. The Morgan fingerprint density at radius 1 is 0.325 bits per heavy atom. The quantitative estimate of drug-likeness (QED) is 0.0222. The van der Waals surface area contributed by atoms with Crippen LogP contribution >= 0.6 is 15.6 Å². The van der Waals surface area contributed by atoms with Gasteiger partial charge in [0, 0.05) is 25.7 Å². The summed E-state index contributed by atoms with van der Waals surface area (Å²) in [5.74, 6) is 0.0521. The summed E-state index contributed by atoms with van der Waals surface area (Å²) in [6, 6.07) is 0. The average Bonchev–Trinajstić information content (AvgIpc) is 3.44. The van der Waals surface area contributed by atoms with Gasteiger partial charge in [-0.05, 0) is 43.4 Å². The molecule has 0 fully saturated rings. The Morgan fingerprint density at radius 2 is 0.554 bits per heavy atom. The lowest BCUT2D eigenvalue weighted by molar-refractivity contribution is -0.161. The number of carbonyl (C=O) groups excluding carboxylic acids is 4. The van der Waals surface area contributed by atoms with Crippen LogP contribution in [-0.2, 0) is 65.4 Å². The number of phosphoric ester groups is 2. The second kappa shape index (κ2) is 55.4. The number of rotatable bonds is 62. The fraction of sp³-hybridized carbons (Fsp3) is 0.938. The summed E-state index contributed by atoms with van der Waals surface area (Å²) < 4.78 is 67.9. The molecule has 0 saturated carbocycles. The van der Waals surface area contributed by atoms with Gasteiger partial charge in [-0.1, -0.05) is 260 Å². The fourth-order valence-electron chi connectivity index (χ4n) is 9.48. The van der Waals surface area contributed by atoms with Gasteiger partial charge in [-0.25, -0.2) is 9.13 Å². The lowest BCUT2D eigenvalue weighted by Crippen LogP contribution is -2.30. The molecule has 5 atom stereocenters. The van der Waals surface area contributed by atoms with Gasteiger partial charge in [0.05, 0.1) is 26.4 Å². The number of ether oxygens (including phenoxy) is 4. The van der Waals surface area contributed by atoms with E-state index in [1.807, 2.05) is 0 Å². The summed E-state index contributed by atoms with van der Waals surface area (Å²) in [6.45, 7) is 11.7. The van der Waals surface area contributed by atoms with Crippen molar-refractivity contribution in [2.45, 2.75) is 330 Å². The highest BCUT2D eigenvalue weighted by Gasteiger charge is 2.30. The largest absolute Gasteiger partial charge is 0.472 e. The van der Waals surface area contributed by atoms with Crippen LogP contribution in [0.3, 0.4) is 0 Å². The van der Waals surface area contributed by atoms with Crippen molar-refractivity contribution in [3.63, 3.8) is 0 Å². The van der Waals surface area contributed by atoms with Crippen molar-refractivity contribution >= 4 is 39.5 Å². The third kappa shape index (κ3) is 58.8. The first-order valence-electron chi connectivity index (χ1n) is 33.3. The minimum atomic E-state index is -4.95. The predicted octanol–water partition coefficient (Wildman–Crippen LogP) is 17.5. The van der Waals surface area contributed by atoms with Crippen molar-refractivity contribution in [1.29, 1.82) is 0 Å². The summed E-state index contributed by atoms with van der Waals surface area (Å²) in [4.78, 5) is 72.1. The molecular formula is C64H124O17P2. The van der Waals surface area contributed by atoms with Crippen LogP contribution in [0.25, 0.3) is 0 Å². The van der Waals surface area contributed by atoms with Gasteiger partial charge >= 0.3 is 39.5 Å². The van der Waals surface area contributed by atoms with E-state index in [9.17, 15) is 43.2 Å². The molecule has 0 amide bonds. The lowest BCUT2D eigenvalue weighted by Gasteiger charge is -2.21. The zero-order valence-electron chi connectivity index (χ0n) is 53.6. The number of aliphatic hydroxyl groups is 1. The third-order valence-corrected chi connectivity index (χ3v) is 16.5. The molecule has 0 spiro atoms. The average molecular weight is 1230 g/mol. The standard InChI is InChI=1S/C64H124O17P2/c1-8-9-10-11-12-24-31-38-45-61(66)74-51-60(81-64(69)48-41-34-27-20-23-30-37-44-57(6)7)54-79-83(72,73)77-50-58(65)49-76-82(70,71)78-53-59(52-75-62(67)46-39-32-25-19-15-17-22-29-36-43-56(4)5)80-63(68)47-40-33-26-18-14-13-16-21-28-35-42-55(2)3/h55-60,65H,8-54H2,1-7H3,(H,70,71)(H,72,73)/t58-,59-,60-/m1/s1. The minimum absolute atomic E-state index is 0.103. The van der Waals surface area contributed by atoms with Gasteiger partial charge in [0.2, 0.25) is 0 Å². The molecule has 3 N–H and O–H groups in total. The first kappa shape index (κ1) is 81.1. The van der Waals surface area contributed by atoms with E-state index < -0.39 is 97.5 Å². The molecule has 492 valence electrons. The minimum Gasteiger partial charge on any atom is -0.462 e. The summed E-state index contributed by atoms with van der Waals surface area (Å²) in [5, 5.41) is 10.5. The van der Waals surface area contributed by atoms with Crippen molar-refractivity contribution in [3.8, 4) is 0 Å². The number of hydrogen-bond donors (Lipinski definition) is 3. The van der Waals surface area contributed by atoms with E-state index >= 15 is 0 Å². The summed E-state index contributed by atoms with van der Waals surface area (Å²) in [7, 11) is -9.89. The van der Waals surface area contributed by atoms with E-state index in [1.54, 1.807) is 0 Å². The SMILES string of the molecule is CCCCCCCCCCC(=O)OC[C@H](COP(=O)(O)OC[C@H](O)COP(=O)(O)OC[C@@H](COC(=O)CCCCCCCCCCCC(C)C)OC(=O)CCCCCCCCCCCCC(C)C)OC(=O)CCCCCCCCCC(C)C. The molecule has 0 rings (SSSR count). The number of phosphoric acid groups is 2. The monoisotopic (exact) mass is 1230 g/mol. The maximum absolute atomic E-state index is 13.0. The topological polar surface area (TPSA) is 237 Å². The molecule has 0 aromatic rings. The van der Waals surface area contributed by atoms with Gasteiger partial charge in [0.15, 0.2) is 12.2 Å². The first-order chi connectivity index (χ1) is 39.7. The van der Waals surface area contributed by atoms with Crippen molar-refractivity contribution in [2.75, 3.05) is 39.6 Å². The summed E-state index contributed by atoms with van der Waals surface area (Å²) in [6.07, 6.45) is 36.3. The Labute approximate surface area is 505 Å². The Morgan fingerprint density at radius 3 is 0.819 bits per heavy atom. The molecule has 0 saturated heterocycles. The van der Waals surface area contributed by atoms with Crippen LogP contribution in [0.4, 0.5) is 0 Å². The molecule has 19 heteroatoms. The second-order valence-electron chi connectivity index (χ2n) is 24.6. The molecule has 83 heavy (non-hydrogen) atoms. The van der Waals surface area contributed by atoms with Crippen LogP contribution in [0.1, 0.15) is 312 Å². The van der Waals surface area contributed by atoms with E-state index in [0.717, 1.165) is 108 Å². The maximum atomic E-state index is 13.0. The maximum Gasteiger partial charge on any atom is 0.472 e. The summed E-state index contributed by atoms with van der Waals surface area (Å²) in [5.41, 5.74) is 0. The van der Waals surface area contributed by atoms with Crippen LogP contribution in [0.15, 0.2) is 0 Å². The molecule has 0 aliphatic heterocycles. The van der Waals surface area contributed by atoms with E-state index in [0.29, 0.717) is 31.6 Å². The number of esters is 4. The van der Waals surface area contributed by atoms with E-state index in [4.69, 9.17) is 37.0 Å². The molecule has 0 aromatic carbocycles. The van der Waals surface area contributed by atoms with Crippen LogP contribution in [0.5, 0.6) is 0 Å². The third-order valence-electron chi connectivity index (χ3n) is 14.6. The van der Waals surface area contributed by atoms with Crippen LogP contribution < -0.4 is 0 Å². The van der Waals surface area contributed by atoms with Crippen molar-refractivity contribution in [2.24, 2.45) is 17.8 Å². The highest BCUT2D eigenvalue weighted by Crippen LogP contribution is 2.45. The Bertz CT molecular complexity index is 1650. The number of hydrogen-bond acceptors (Lipinski definition) is 15. The van der Waals surface area contributed by atoms with E-state index in [1.165, 1.54) is 116 Å². The van der Waals surface area contributed by atoms with Crippen LogP contribution in [0.2, 0.25) is 0 Å². The Kier molecular flexibility index (Phi) is 54.1. The van der Waals surface area contributed by atoms with Gasteiger partial charge < -0.3 is 33.8 Å². The fourth-order valence-corrected chi connectivity index (χ4v) is 11.1. The van der Waals surface area contributed by atoms with Crippen LogP contribution in [0, 0.1) is 17.8 Å². The zero-order chi connectivity index (χ0) is 61.7. The lowest BCUT2D eigenvalue weighted by atomic mass is 10.0. The highest BCUT2D eigenvalue weighted by atomic mass is 31.2. The van der Waals surface area contributed by atoms with E-state index in [2.05, 4.69) is 48.5 Å². The Balaban J connectivity index is 5.24. The van der Waals surface area contributed by atoms with Gasteiger partial charge in [0.25, 0.3) is 0 Å². The smallest absolute Gasteiger partial charge is 0.462 e. The molecule has 0 heterocycles. The van der Waals surface area contributed by atoms with Crippen LogP contribution in [-0.4, -0.2) is 96.7 Å². The van der Waals surface area contributed by atoms with Crippen molar-refractivity contribution < 1.29 is 80.2 Å². The molecular weight excluding hydrogens is 1100 g/mol. The predicted molar refractivity (Wildman–Crippen MR) is 331 cm³/mol. The van der Waals surface area contributed by atoms with Gasteiger partial charge in [0.1, 0.15) is 19.3 Å². The number of carbonyl (C=O) groups is 4. The zero-order valence-corrected chi connectivity index (χ0v) is 55.4. The highest BCUT2D eigenvalue weighted by molar-refractivity contribution is 7.47. The molecule has 0 aromatic heterocycles. The molecule has 0 aliphatic rings. The second-order valence-corrected chi connectivity index (χ2v) is 27.5. The van der Waals surface area contributed by atoms with Gasteiger partial charge in [-0.3, -0.25) is 37.3 Å². The van der Waals surface area contributed by atoms with Gasteiger partial charge in [-0.2, -0.15) is 0 Å². The van der Waals surface area contributed by atoms with Gasteiger partial charge in [-0.15, -0.1) is 0 Å². The van der Waals surface area contributed by atoms with E-state index in [-0.39, 0.29) is 25.7 Å². The number of unbranched alkanes of at least 4 members (excludes halogenated alkanes) is 30. The molecule has 2 unspecified atom stereocenters. The van der Waals surface area contributed by atoms with Crippen molar-refractivity contribution in [1.82, 2.24) is 0 Å². The molecule has 17 nitrogen and oxygen atoms in total. The first-order valence-corrected chi connectivity index (χ1v) is 36.3. The molecule has 0 aliphatic carbocycles.